The third-order valence-corrected chi connectivity index (χ3v) is 3.87. The van der Waals surface area contributed by atoms with Crippen LogP contribution in [-0.4, -0.2) is 24.2 Å². The number of hydroxylamine groups is 2. The van der Waals surface area contributed by atoms with E-state index >= 15 is 0 Å². The van der Waals surface area contributed by atoms with E-state index in [1.807, 2.05) is 60.7 Å². The van der Waals surface area contributed by atoms with Gasteiger partial charge in [0.25, 0.3) is 0 Å². The molecule has 4 heteroatoms. The van der Waals surface area contributed by atoms with E-state index in [1.54, 1.807) is 5.06 Å². The number of nitrogens with zero attached hydrogens (tertiary/aromatic N) is 1. The number of rotatable bonds is 4. The molecular formula is C18H19NO3. The van der Waals surface area contributed by atoms with E-state index in [9.17, 15) is 4.79 Å². The van der Waals surface area contributed by atoms with E-state index < -0.39 is 0 Å². The smallest absolute Gasteiger partial charge is 0.325 e. The van der Waals surface area contributed by atoms with E-state index in [-0.39, 0.29) is 18.1 Å². The fourth-order valence-electron chi connectivity index (χ4n) is 2.73. The van der Waals surface area contributed by atoms with Crippen LogP contribution in [0.25, 0.3) is 0 Å². The summed E-state index contributed by atoms with van der Waals surface area (Å²) in [6.07, 6.45) is 0.484. The topological polar surface area (TPSA) is 38.8 Å². The summed E-state index contributed by atoms with van der Waals surface area (Å²) in [5.41, 5.74) is 2.18. The first kappa shape index (κ1) is 14.8. The van der Waals surface area contributed by atoms with Gasteiger partial charge in [-0.25, -0.2) is 0 Å². The Hall–Kier alpha value is -2.17. The molecular weight excluding hydrogens is 278 g/mol. The Morgan fingerprint density at radius 1 is 1.14 bits per heavy atom. The van der Waals surface area contributed by atoms with Gasteiger partial charge in [0.2, 0.25) is 0 Å². The monoisotopic (exact) mass is 297 g/mol. The summed E-state index contributed by atoms with van der Waals surface area (Å²) in [5.74, 6) is -0.255. The molecule has 114 valence electrons. The maximum Gasteiger partial charge on any atom is 0.325 e. The first-order valence-electron chi connectivity index (χ1n) is 7.38. The normalized spacial score (nSPS) is 21.7. The van der Waals surface area contributed by atoms with E-state index in [0.29, 0.717) is 13.0 Å². The Labute approximate surface area is 130 Å². The summed E-state index contributed by atoms with van der Waals surface area (Å²) in [6.45, 7) is 0.559. The van der Waals surface area contributed by atoms with Gasteiger partial charge in [0.05, 0.1) is 13.7 Å². The Morgan fingerprint density at radius 2 is 1.77 bits per heavy atom. The average Bonchev–Trinajstić information content (AvgIpc) is 3.00. The Morgan fingerprint density at radius 3 is 2.41 bits per heavy atom. The van der Waals surface area contributed by atoms with Crippen LogP contribution < -0.4 is 0 Å². The second-order valence-corrected chi connectivity index (χ2v) is 5.34. The second kappa shape index (κ2) is 6.73. The first-order chi connectivity index (χ1) is 10.8. The molecule has 3 rings (SSSR count). The number of ether oxygens (including phenoxy) is 1. The van der Waals surface area contributed by atoms with Gasteiger partial charge in [0, 0.05) is 6.42 Å². The standard InChI is InChI=1S/C18H19NO3/c1-21-18(20)16-12-17(15-10-6-3-7-11-15)22-19(16)13-14-8-4-2-5-9-14/h2-11,16-17H,12-13H2,1H3/t16-,17+/m0/s1. The molecule has 1 fully saturated rings. The highest BCUT2D eigenvalue weighted by Crippen LogP contribution is 2.34. The fourth-order valence-corrected chi connectivity index (χ4v) is 2.73. The Kier molecular flexibility index (Phi) is 4.51. The third kappa shape index (κ3) is 3.18. The summed E-state index contributed by atoms with van der Waals surface area (Å²) in [5, 5.41) is 1.73. The number of carbonyl (C=O) groups is 1. The van der Waals surface area contributed by atoms with Crippen LogP contribution in [0.2, 0.25) is 0 Å². The van der Waals surface area contributed by atoms with Crippen LogP contribution in [-0.2, 0) is 20.9 Å². The van der Waals surface area contributed by atoms with Gasteiger partial charge in [0.15, 0.2) is 0 Å². The molecule has 0 spiro atoms. The molecule has 2 aromatic carbocycles. The van der Waals surface area contributed by atoms with Crippen molar-refractivity contribution >= 4 is 5.97 Å². The van der Waals surface area contributed by atoms with Gasteiger partial charge < -0.3 is 4.74 Å². The summed E-state index contributed by atoms with van der Waals surface area (Å²) in [6, 6.07) is 19.6. The maximum absolute atomic E-state index is 12.0. The zero-order valence-corrected chi connectivity index (χ0v) is 12.5. The lowest BCUT2D eigenvalue weighted by Gasteiger charge is -2.21. The van der Waals surface area contributed by atoms with Crippen LogP contribution in [0.4, 0.5) is 0 Å². The Bertz CT molecular complexity index is 615. The molecule has 0 radical (unpaired) electrons. The molecule has 22 heavy (non-hydrogen) atoms. The highest BCUT2D eigenvalue weighted by Gasteiger charge is 2.39. The summed E-state index contributed by atoms with van der Waals surface area (Å²) >= 11 is 0. The third-order valence-electron chi connectivity index (χ3n) is 3.87. The number of methoxy groups -OCH3 is 1. The van der Waals surface area contributed by atoms with Crippen molar-refractivity contribution < 1.29 is 14.4 Å². The minimum atomic E-state index is -0.379. The molecule has 0 aliphatic carbocycles. The van der Waals surface area contributed by atoms with Crippen molar-refractivity contribution in [2.24, 2.45) is 0 Å². The van der Waals surface area contributed by atoms with Gasteiger partial charge in [-0.2, -0.15) is 5.06 Å². The van der Waals surface area contributed by atoms with E-state index in [0.717, 1.165) is 11.1 Å². The molecule has 1 saturated heterocycles. The van der Waals surface area contributed by atoms with Gasteiger partial charge in [-0.05, 0) is 11.1 Å². The van der Waals surface area contributed by atoms with Crippen molar-refractivity contribution in [2.75, 3.05) is 7.11 Å². The maximum atomic E-state index is 12.0. The highest BCUT2D eigenvalue weighted by molar-refractivity contribution is 5.75. The van der Waals surface area contributed by atoms with Crippen molar-refractivity contribution in [3.63, 3.8) is 0 Å². The molecule has 1 aliphatic heterocycles. The summed E-state index contributed by atoms with van der Waals surface area (Å²) < 4.78 is 4.93. The van der Waals surface area contributed by atoms with Crippen molar-refractivity contribution in [1.29, 1.82) is 0 Å². The van der Waals surface area contributed by atoms with Crippen molar-refractivity contribution in [3.8, 4) is 0 Å². The van der Waals surface area contributed by atoms with Crippen LogP contribution in [0.3, 0.4) is 0 Å². The molecule has 1 aliphatic rings. The zero-order chi connectivity index (χ0) is 15.4. The predicted octanol–water partition coefficient (Wildman–Crippen LogP) is 3.11. The number of esters is 1. The molecule has 0 saturated carbocycles. The lowest BCUT2D eigenvalue weighted by Crippen LogP contribution is -2.35. The quantitative estimate of drug-likeness (QED) is 0.813. The second-order valence-electron chi connectivity index (χ2n) is 5.34. The molecule has 1 heterocycles. The van der Waals surface area contributed by atoms with Crippen LogP contribution >= 0.6 is 0 Å². The minimum absolute atomic E-state index is 0.117. The fraction of sp³-hybridized carbons (Fsp3) is 0.278. The number of hydrogen-bond donors (Lipinski definition) is 0. The lowest BCUT2D eigenvalue weighted by molar-refractivity contribution is -0.186. The predicted molar refractivity (Wildman–Crippen MR) is 82.7 cm³/mol. The molecule has 0 bridgehead atoms. The SMILES string of the molecule is COC(=O)[C@@H]1C[C@H](c2ccccc2)ON1Cc1ccccc1. The van der Waals surface area contributed by atoms with Crippen LogP contribution in [0.5, 0.6) is 0 Å². The molecule has 4 nitrogen and oxygen atoms in total. The molecule has 0 aromatic heterocycles. The van der Waals surface area contributed by atoms with Crippen LogP contribution in [0, 0.1) is 0 Å². The van der Waals surface area contributed by atoms with E-state index in [4.69, 9.17) is 9.57 Å². The van der Waals surface area contributed by atoms with Gasteiger partial charge in [-0.15, -0.1) is 0 Å². The van der Waals surface area contributed by atoms with Crippen molar-refractivity contribution in [2.45, 2.75) is 25.1 Å². The minimum Gasteiger partial charge on any atom is -0.468 e. The highest BCUT2D eigenvalue weighted by atomic mass is 16.7. The lowest BCUT2D eigenvalue weighted by atomic mass is 10.0. The van der Waals surface area contributed by atoms with Gasteiger partial charge in [-0.3, -0.25) is 9.63 Å². The zero-order valence-electron chi connectivity index (χ0n) is 12.5. The number of hydrogen-bond acceptors (Lipinski definition) is 4. The molecule has 2 atom stereocenters. The van der Waals surface area contributed by atoms with Crippen LogP contribution in [0.15, 0.2) is 60.7 Å². The molecule has 0 unspecified atom stereocenters. The molecule has 0 amide bonds. The van der Waals surface area contributed by atoms with Crippen molar-refractivity contribution in [3.05, 3.63) is 71.8 Å². The van der Waals surface area contributed by atoms with E-state index in [2.05, 4.69) is 0 Å². The van der Waals surface area contributed by atoms with Crippen LogP contribution in [0.1, 0.15) is 23.7 Å². The number of benzene rings is 2. The largest absolute Gasteiger partial charge is 0.468 e. The van der Waals surface area contributed by atoms with Gasteiger partial charge >= 0.3 is 5.97 Å². The molecule has 0 N–H and O–H groups in total. The summed E-state index contributed by atoms with van der Waals surface area (Å²) in [4.78, 5) is 18.1. The average molecular weight is 297 g/mol. The van der Waals surface area contributed by atoms with Gasteiger partial charge in [-0.1, -0.05) is 60.7 Å². The van der Waals surface area contributed by atoms with Crippen molar-refractivity contribution in [1.82, 2.24) is 5.06 Å². The number of carbonyl (C=O) groups excluding carboxylic acids is 1. The Balaban J connectivity index is 1.79. The molecule has 2 aromatic rings. The summed E-state index contributed by atoms with van der Waals surface area (Å²) in [7, 11) is 1.42. The van der Waals surface area contributed by atoms with Gasteiger partial charge in [0.1, 0.15) is 12.1 Å². The van der Waals surface area contributed by atoms with E-state index in [1.165, 1.54) is 7.11 Å². The first-order valence-corrected chi connectivity index (χ1v) is 7.38.